The van der Waals surface area contributed by atoms with Crippen LogP contribution in [0.15, 0.2) is 6.07 Å². The molecular formula is C6H4F3N2. The number of nitrogens with zero attached hydrogens (tertiary/aromatic N) is 2. The fourth-order valence-corrected chi connectivity index (χ4v) is 0.573. The lowest BCUT2D eigenvalue weighted by Crippen LogP contribution is -2.06. The highest BCUT2D eigenvalue weighted by Crippen LogP contribution is 2.27. The van der Waals surface area contributed by atoms with E-state index in [1.165, 1.54) is 6.92 Å². The zero-order valence-corrected chi connectivity index (χ0v) is 5.61. The van der Waals surface area contributed by atoms with E-state index in [0.29, 0.717) is 0 Å². The van der Waals surface area contributed by atoms with Gasteiger partial charge in [0.1, 0.15) is 6.20 Å². The molecule has 1 rings (SSSR count). The largest absolute Gasteiger partial charge is 0.418 e. The molecule has 1 radical (unpaired) electrons. The number of hydrogen-bond acceptors (Lipinski definition) is 2. The van der Waals surface area contributed by atoms with Crippen molar-refractivity contribution < 1.29 is 13.2 Å². The van der Waals surface area contributed by atoms with E-state index in [2.05, 4.69) is 10.2 Å². The Kier molecular flexibility index (Phi) is 1.80. The fraction of sp³-hybridized carbons (Fsp3) is 0.333. The molecule has 0 amide bonds. The van der Waals surface area contributed by atoms with E-state index in [4.69, 9.17) is 0 Å². The summed E-state index contributed by atoms with van der Waals surface area (Å²) in [7, 11) is 0. The van der Waals surface area contributed by atoms with Gasteiger partial charge in [-0.05, 0) is 13.0 Å². The minimum atomic E-state index is -4.37. The Bertz CT molecular complexity index is 256. The van der Waals surface area contributed by atoms with Gasteiger partial charge >= 0.3 is 6.18 Å². The van der Waals surface area contributed by atoms with Crippen LogP contribution in [0.4, 0.5) is 13.2 Å². The lowest BCUT2D eigenvalue weighted by molar-refractivity contribution is -0.138. The minimum absolute atomic E-state index is 0.232. The van der Waals surface area contributed by atoms with Crippen LogP contribution in [0.3, 0.4) is 0 Å². The van der Waals surface area contributed by atoms with E-state index in [9.17, 15) is 13.2 Å². The van der Waals surface area contributed by atoms with Crippen LogP contribution in [-0.4, -0.2) is 10.2 Å². The second-order valence-electron chi connectivity index (χ2n) is 2.01. The van der Waals surface area contributed by atoms with Crippen LogP contribution in [0.2, 0.25) is 0 Å². The highest BCUT2D eigenvalue weighted by molar-refractivity contribution is 5.13. The number of hydrogen-bond donors (Lipinski definition) is 0. The van der Waals surface area contributed by atoms with Crippen molar-refractivity contribution in [3.8, 4) is 0 Å². The lowest BCUT2D eigenvalue weighted by atomic mass is 10.3. The third-order valence-electron chi connectivity index (χ3n) is 1.04. The second-order valence-corrected chi connectivity index (χ2v) is 2.01. The summed E-state index contributed by atoms with van der Waals surface area (Å²) in [6, 6.07) is 0.896. The predicted octanol–water partition coefficient (Wildman–Crippen LogP) is 1.60. The standard InChI is InChI=1S/C6H4F3N2/c1-4-2-5(3-10-11-4)6(7,8)9/h2H,1H3. The molecule has 0 N–H and O–H groups in total. The molecule has 1 heterocycles. The molecule has 0 spiro atoms. The Labute approximate surface area is 61.1 Å². The maximum atomic E-state index is 11.9. The normalized spacial score (nSPS) is 11.6. The maximum absolute atomic E-state index is 11.9. The van der Waals surface area contributed by atoms with E-state index < -0.39 is 11.7 Å². The van der Waals surface area contributed by atoms with Crippen LogP contribution in [0, 0.1) is 13.1 Å². The summed E-state index contributed by atoms with van der Waals surface area (Å²) in [6.45, 7) is 1.44. The number of aryl methyl sites for hydroxylation is 1. The van der Waals surface area contributed by atoms with Gasteiger partial charge in [-0.3, -0.25) is 0 Å². The second kappa shape index (κ2) is 2.48. The van der Waals surface area contributed by atoms with Gasteiger partial charge in [-0.15, -0.1) is 5.10 Å². The first-order valence-corrected chi connectivity index (χ1v) is 2.79. The highest BCUT2D eigenvalue weighted by atomic mass is 19.4. The molecule has 59 valence electrons. The molecule has 0 atom stereocenters. The van der Waals surface area contributed by atoms with Crippen molar-refractivity contribution in [2.75, 3.05) is 0 Å². The topological polar surface area (TPSA) is 25.8 Å². The van der Waals surface area contributed by atoms with Crippen molar-refractivity contribution in [1.82, 2.24) is 10.2 Å². The van der Waals surface area contributed by atoms with Gasteiger partial charge < -0.3 is 0 Å². The van der Waals surface area contributed by atoms with Crippen LogP contribution in [0.5, 0.6) is 0 Å². The minimum Gasteiger partial charge on any atom is -0.166 e. The summed E-state index contributed by atoms with van der Waals surface area (Å²) in [6.07, 6.45) is -2.61. The zero-order chi connectivity index (χ0) is 8.48. The quantitative estimate of drug-likeness (QED) is 0.577. The molecule has 5 heteroatoms. The van der Waals surface area contributed by atoms with Gasteiger partial charge in [0.15, 0.2) is 0 Å². The lowest BCUT2D eigenvalue weighted by Gasteiger charge is -2.03. The fourth-order valence-electron chi connectivity index (χ4n) is 0.573. The van der Waals surface area contributed by atoms with Crippen molar-refractivity contribution in [3.05, 3.63) is 23.5 Å². The molecule has 0 fully saturated rings. The summed E-state index contributed by atoms with van der Waals surface area (Å²) in [4.78, 5) is 0. The number of halogens is 3. The molecule has 0 bridgehead atoms. The molecule has 0 aliphatic carbocycles. The van der Waals surface area contributed by atoms with Gasteiger partial charge in [0, 0.05) is 0 Å². The molecule has 0 saturated heterocycles. The molecule has 1 aromatic rings. The summed E-state index contributed by atoms with van der Waals surface area (Å²) < 4.78 is 35.6. The first kappa shape index (κ1) is 7.97. The van der Waals surface area contributed by atoms with Crippen molar-refractivity contribution in [1.29, 1.82) is 0 Å². The van der Waals surface area contributed by atoms with Crippen LogP contribution in [-0.2, 0) is 6.18 Å². The molecule has 0 aliphatic heterocycles. The van der Waals surface area contributed by atoms with Crippen molar-refractivity contribution in [3.63, 3.8) is 0 Å². The Morgan fingerprint density at radius 2 is 2.09 bits per heavy atom. The molecular weight excluding hydrogens is 157 g/mol. The molecule has 0 aliphatic rings. The van der Waals surface area contributed by atoms with E-state index >= 15 is 0 Å². The monoisotopic (exact) mass is 161 g/mol. The number of rotatable bonds is 0. The molecule has 11 heavy (non-hydrogen) atoms. The first-order chi connectivity index (χ1) is 5.00. The smallest absolute Gasteiger partial charge is 0.166 e. The Morgan fingerprint density at radius 1 is 1.45 bits per heavy atom. The Morgan fingerprint density at radius 3 is 2.45 bits per heavy atom. The van der Waals surface area contributed by atoms with Crippen molar-refractivity contribution in [2.45, 2.75) is 13.1 Å². The predicted molar refractivity (Wildman–Crippen MR) is 30.6 cm³/mol. The Hall–Kier alpha value is -1.13. The van der Waals surface area contributed by atoms with Crippen LogP contribution in [0.25, 0.3) is 0 Å². The summed E-state index contributed by atoms with van der Waals surface area (Å²) >= 11 is 0. The summed E-state index contributed by atoms with van der Waals surface area (Å²) in [5.74, 6) is 0. The zero-order valence-electron chi connectivity index (χ0n) is 5.61. The highest BCUT2D eigenvalue weighted by Gasteiger charge is 2.31. The van der Waals surface area contributed by atoms with E-state index in [1.54, 1.807) is 6.20 Å². The first-order valence-electron chi connectivity index (χ1n) is 2.79. The molecule has 0 unspecified atom stereocenters. The van der Waals surface area contributed by atoms with Crippen LogP contribution < -0.4 is 0 Å². The van der Waals surface area contributed by atoms with Gasteiger partial charge in [0.05, 0.1) is 11.3 Å². The molecule has 0 aromatic carbocycles. The number of alkyl halides is 3. The molecule has 1 aromatic heterocycles. The van der Waals surface area contributed by atoms with Gasteiger partial charge in [-0.25, -0.2) is 0 Å². The Balaban J connectivity index is 3.06. The maximum Gasteiger partial charge on any atom is 0.418 e. The third-order valence-corrected chi connectivity index (χ3v) is 1.04. The number of aromatic nitrogens is 2. The average Bonchev–Trinajstić information content (AvgIpc) is 1.86. The van der Waals surface area contributed by atoms with Crippen LogP contribution >= 0.6 is 0 Å². The van der Waals surface area contributed by atoms with Gasteiger partial charge in [-0.2, -0.15) is 18.3 Å². The third kappa shape index (κ3) is 1.89. The van der Waals surface area contributed by atoms with Gasteiger partial charge in [0.2, 0.25) is 0 Å². The van der Waals surface area contributed by atoms with Gasteiger partial charge in [-0.1, -0.05) is 0 Å². The van der Waals surface area contributed by atoms with Crippen molar-refractivity contribution in [2.24, 2.45) is 0 Å². The SMILES string of the molecule is Cc1cc(C(F)(F)F)[c]nn1. The van der Waals surface area contributed by atoms with E-state index in [1.807, 2.05) is 0 Å². The summed E-state index contributed by atoms with van der Waals surface area (Å²) in [5, 5.41) is 6.40. The van der Waals surface area contributed by atoms with E-state index in [0.717, 1.165) is 6.07 Å². The van der Waals surface area contributed by atoms with Gasteiger partial charge in [0.25, 0.3) is 0 Å². The summed E-state index contributed by atoms with van der Waals surface area (Å²) in [5.41, 5.74) is -0.652. The molecule has 0 saturated carbocycles. The average molecular weight is 161 g/mol. The van der Waals surface area contributed by atoms with E-state index in [-0.39, 0.29) is 5.69 Å². The van der Waals surface area contributed by atoms with Crippen LogP contribution in [0.1, 0.15) is 11.3 Å². The van der Waals surface area contributed by atoms with Crippen molar-refractivity contribution >= 4 is 0 Å². The molecule has 2 nitrogen and oxygen atoms in total.